The lowest BCUT2D eigenvalue weighted by Gasteiger charge is -2.23. The van der Waals surface area contributed by atoms with Gasteiger partial charge in [-0.25, -0.2) is 14.2 Å². The van der Waals surface area contributed by atoms with E-state index in [9.17, 15) is 23.6 Å². The van der Waals surface area contributed by atoms with E-state index >= 15 is 0 Å². The maximum absolute atomic E-state index is 14.1. The molecule has 38 heavy (non-hydrogen) atoms. The van der Waals surface area contributed by atoms with Crippen LogP contribution in [-0.2, 0) is 4.74 Å². The van der Waals surface area contributed by atoms with Crippen molar-refractivity contribution in [3.8, 4) is 0 Å². The van der Waals surface area contributed by atoms with Crippen molar-refractivity contribution < 1.29 is 28.3 Å². The minimum atomic E-state index is -0.797. The second-order valence-electron chi connectivity index (χ2n) is 9.91. The molecule has 1 aliphatic heterocycles. The first-order valence-electron chi connectivity index (χ1n) is 12.0. The highest BCUT2D eigenvalue weighted by atomic mass is 32.1. The average Bonchev–Trinajstić information content (AvgIpc) is 3.55. The van der Waals surface area contributed by atoms with Gasteiger partial charge < -0.3 is 4.74 Å². The number of carbonyl (C=O) groups excluding carboxylic acids is 4. The summed E-state index contributed by atoms with van der Waals surface area (Å²) < 4.78 is 20.6. The zero-order valence-corrected chi connectivity index (χ0v) is 22.0. The Morgan fingerprint density at radius 1 is 1.08 bits per heavy atom. The fourth-order valence-electron chi connectivity index (χ4n) is 4.52. The van der Waals surface area contributed by atoms with E-state index in [2.05, 4.69) is 4.98 Å². The van der Waals surface area contributed by atoms with Gasteiger partial charge in [0.2, 0.25) is 5.78 Å². The summed E-state index contributed by atoms with van der Waals surface area (Å²) in [6.07, 6.45) is 0.979. The van der Waals surface area contributed by atoms with Crippen LogP contribution in [0, 0.1) is 5.82 Å². The standard InChI is InChI=1S/C28H24FN3O5S/c1-5-21(32-25(34)17-8-6-7-9-18(17)26(32)35)20-14-38-24(30-20)23(33)19-13-31(27(36)37-28(2,3)4)22-12-15(29)10-11-16(19)22/h6-14,21H,5H2,1-4H3/t21-/m0/s1. The lowest BCUT2D eigenvalue weighted by Crippen LogP contribution is -2.34. The van der Waals surface area contributed by atoms with Crippen LogP contribution < -0.4 is 0 Å². The maximum atomic E-state index is 14.1. The van der Waals surface area contributed by atoms with Crippen LogP contribution in [0.2, 0.25) is 0 Å². The first-order valence-corrected chi connectivity index (χ1v) is 12.9. The number of thiazole rings is 1. The van der Waals surface area contributed by atoms with E-state index < -0.39 is 41.2 Å². The lowest BCUT2D eigenvalue weighted by atomic mass is 10.1. The maximum Gasteiger partial charge on any atom is 0.419 e. The smallest absolute Gasteiger partial charge is 0.419 e. The number of aromatic nitrogens is 2. The van der Waals surface area contributed by atoms with Crippen LogP contribution in [0.3, 0.4) is 0 Å². The molecule has 0 radical (unpaired) electrons. The highest BCUT2D eigenvalue weighted by Crippen LogP contribution is 2.34. The summed E-state index contributed by atoms with van der Waals surface area (Å²) in [7, 11) is 0. The van der Waals surface area contributed by atoms with Crippen molar-refractivity contribution in [1.82, 2.24) is 14.5 Å². The molecule has 5 rings (SSSR count). The van der Waals surface area contributed by atoms with Gasteiger partial charge >= 0.3 is 6.09 Å². The summed E-state index contributed by atoms with van der Waals surface area (Å²) >= 11 is 1.07. The summed E-state index contributed by atoms with van der Waals surface area (Å²) in [5, 5.41) is 2.13. The van der Waals surface area contributed by atoms with E-state index in [1.807, 2.05) is 6.92 Å². The molecule has 2 aromatic carbocycles. The molecule has 194 valence electrons. The van der Waals surface area contributed by atoms with Gasteiger partial charge in [0.25, 0.3) is 11.8 Å². The third-order valence-electron chi connectivity index (χ3n) is 6.18. The molecular formula is C28H24FN3O5S. The molecule has 2 amide bonds. The topological polar surface area (TPSA) is 98.6 Å². The predicted octanol–water partition coefficient (Wildman–Crippen LogP) is 6.00. The largest absolute Gasteiger partial charge is 0.443 e. The number of amides is 2. The van der Waals surface area contributed by atoms with Crippen LogP contribution in [0.5, 0.6) is 0 Å². The van der Waals surface area contributed by atoms with Gasteiger partial charge in [-0.05, 0) is 57.5 Å². The van der Waals surface area contributed by atoms with E-state index in [1.54, 1.807) is 50.4 Å². The Hall–Kier alpha value is -4.18. The van der Waals surface area contributed by atoms with Crippen LogP contribution in [0.15, 0.2) is 54.0 Å². The minimum Gasteiger partial charge on any atom is -0.443 e. The van der Waals surface area contributed by atoms with Gasteiger partial charge in [0.15, 0.2) is 5.01 Å². The molecule has 0 fully saturated rings. The summed E-state index contributed by atoms with van der Waals surface area (Å²) in [4.78, 5) is 58.1. The number of rotatable bonds is 5. The first kappa shape index (κ1) is 25.5. The zero-order valence-electron chi connectivity index (χ0n) is 21.1. The fraction of sp³-hybridized carbons (Fsp3) is 0.250. The Morgan fingerprint density at radius 3 is 2.34 bits per heavy atom. The molecular weight excluding hydrogens is 509 g/mol. The summed E-state index contributed by atoms with van der Waals surface area (Å²) in [5.74, 6) is -1.85. The number of fused-ring (bicyclic) bond motifs is 2. The molecule has 0 saturated heterocycles. The number of carbonyl (C=O) groups is 4. The second-order valence-corrected chi connectivity index (χ2v) is 10.8. The van der Waals surface area contributed by atoms with Crippen LogP contribution >= 0.6 is 11.3 Å². The number of hydrogen-bond acceptors (Lipinski definition) is 7. The Labute approximate surface area is 221 Å². The number of ketones is 1. The zero-order chi connectivity index (χ0) is 27.4. The molecule has 2 aromatic heterocycles. The van der Waals surface area contributed by atoms with Gasteiger partial charge in [0.1, 0.15) is 11.4 Å². The van der Waals surface area contributed by atoms with E-state index in [4.69, 9.17) is 4.74 Å². The Kier molecular flexibility index (Phi) is 6.22. The highest BCUT2D eigenvalue weighted by Gasteiger charge is 2.40. The third-order valence-corrected chi connectivity index (χ3v) is 7.04. The number of ether oxygens (including phenoxy) is 1. The third kappa shape index (κ3) is 4.30. The average molecular weight is 534 g/mol. The fourth-order valence-corrected chi connectivity index (χ4v) is 5.33. The van der Waals surface area contributed by atoms with Crippen molar-refractivity contribution in [2.45, 2.75) is 45.8 Å². The quantitative estimate of drug-likeness (QED) is 0.231. The van der Waals surface area contributed by atoms with E-state index in [1.165, 1.54) is 29.3 Å². The predicted molar refractivity (Wildman–Crippen MR) is 139 cm³/mol. The summed E-state index contributed by atoms with van der Waals surface area (Å²) in [6, 6.07) is 9.78. The SMILES string of the molecule is CC[C@@H](c1csc(C(=O)c2cn(C(=O)OC(C)(C)C)c3cc(F)ccc23)n1)N1C(=O)c2ccccc2C1=O. The molecule has 1 aliphatic rings. The van der Waals surface area contributed by atoms with Gasteiger partial charge in [-0.2, -0.15) is 0 Å². The van der Waals surface area contributed by atoms with E-state index in [-0.39, 0.29) is 16.1 Å². The minimum absolute atomic E-state index is 0.114. The summed E-state index contributed by atoms with van der Waals surface area (Å²) in [6.45, 7) is 6.95. The van der Waals surface area contributed by atoms with Crippen molar-refractivity contribution in [3.05, 3.63) is 87.3 Å². The number of benzene rings is 2. The highest BCUT2D eigenvalue weighted by molar-refractivity contribution is 7.12. The van der Waals surface area contributed by atoms with Gasteiger partial charge in [-0.3, -0.25) is 23.9 Å². The van der Waals surface area contributed by atoms with Gasteiger partial charge in [0.05, 0.1) is 33.9 Å². The molecule has 3 heterocycles. The monoisotopic (exact) mass is 533 g/mol. The molecule has 0 aliphatic carbocycles. The molecule has 4 aromatic rings. The van der Waals surface area contributed by atoms with Gasteiger partial charge in [-0.15, -0.1) is 11.3 Å². The second kappa shape index (κ2) is 9.29. The van der Waals surface area contributed by atoms with Gasteiger partial charge in [-0.1, -0.05) is 19.1 Å². The lowest BCUT2D eigenvalue weighted by molar-refractivity contribution is 0.0539. The van der Waals surface area contributed by atoms with Gasteiger partial charge in [0, 0.05) is 17.0 Å². The molecule has 1 atom stereocenters. The van der Waals surface area contributed by atoms with Crippen LogP contribution in [0.25, 0.3) is 10.9 Å². The van der Waals surface area contributed by atoms with Crippen molar-refractivity contribution in [1.29, 1.82) is 0 Å². The molecule has 0 unspecified atom stereocenters. The normalized spacial score (nSPS) is 14.2. The van der Waals surface area contributed by atoms with Crippen molar-refractivity contribution >= 4 is 45.9 Å². The summed E-state index contributed by atoms with van der Waals surface area (Å²) in [5.41, 5.74) is 0.637. The molecule has 8 nitrogen and oxygen atoms in total. The molecule has 10 heteroatoms. The Bertz CT molecular complexity index is 1600. The Balaban J connectivity index is 1.50. The molecule has 0 saturated carbocycles. The number of nitrogens with zero attached hydrogens (tertiary/aromatic N) is 3. The molecule has 0 spiro atoms. The van der Waals surface area contributed by atoms with Crippen molar-refractivity contribution in [2.75, 3.05) is 0 Å². The molecule has 0 N–H and O–H groups in total. The number of halogens is 1. The van der Waals surface area contributed by atoms with Crippen molar-refractivity contribution in [2.24, 2.45) is 0 Å². The number of hydrogen-bond donors (Lipinski definition) is 0. The number of imide groups is 1. The van der Waals surface area contributed by atoms with E-state index in [0.717, 1.165) is 15.9 Å². The first-order chi connectivity index (χ1) is 18.0. The van der Waals surface area contributed by atoms with Crippen LogP contribution in [0.4, 0.5) is 9.18 Å². The van der Waals surface area contributed by atoms with Crippen LogP contribution in [0.1, 0.15) is 81.9 Å². The van der Waals surface area contributed by atoms with E-state index in [0.29, 0.717) is 28.6 Å². The van der Waals surface area contributed by atoms with Crippen molar-refractivity contribution in [3.63, 3.8) is 0 Å². The van der Waals surface area contributed by atoms with Crippen LogP contribution in [-0.4, -0.2) is 43.7 Å². The Morgan fingerprint density at radius 2 is 1.74 bits per heavy atom. The molecule has 0 bridgehead atoms.